The number of benzene rings is 1. The highest BCUT2D eigenvalue weighted by Gasteiger charge is 2.25. The molecule has 29 heavy (non-hydrogen) atoms. The maximum atomic E-state index is 12.4. The van der Waals surface area contributed by atoms with Gasteiger partial charge in [-0.2, -0.15) is 11.8 Å². The van der Waals surface area contributed by atoms with E-state index in [0.29, 0.717) is 31.1 Å². The van der Waals surface area contributed by atoms with Gasteiger partial charge >= 0.3 is 12.0 Å². The molecule has 9 nitrogen and oxygen atoms in total. The Balaban J connectivity index is 1.88. The Morgan fingerprint density at radius 1 is 1.24 bits per heavy atom. The number of hydrogen-bond donors (Lipinski definition) is 3. The summed E-state index contributed by atoms with van der Waals surface area (Å²) in [6, 6.07) is 5.74. The number of esters is 1. The minimum absolute atomic E-state index is 0.361. The van der Waals surface area contributed by atoms with Crippen LogP contribution >= 0.6 is 11.8 Å². The van der Waals surface area contributed by atoms with Crippen LogP contribution in [0.5, 0.6) is 0 Å². The number of morpholine rings is 1. The SMILES string of the molecule is CSCC[C@H](NC(N)=O)C(=O)O[C@H](C)C(=O)Nc1ccc(N2CCOCC2)cc1. The number of primary amides is 1. The lowest BCUT2D eigenvalue weighted by Gasteiger charge is -2.29. The molecule has 1 fully saturated rings. The van der Waals surface area contributed by atoms with Crippen molar-refractivity contribution in [2.24, 2.45) is 5.73 Å². The minimum Gasteiger partial charge on any atom is -0.451 e. The van der Waals surface area contributed by atoms with Crippen molar-refractivity contribution in [1.82, 2.24) is 5.32 Å². The molecule has 0 radical (unpaired) electrons. The highest BCUT2D eigenvalue weighted by atomic mass is 32.2. The van der Waals surface area contributed by atoms with E-state index in [1.807, 2.05) is 18.4 Å². The number of carbonyl (C=O) groups excluding carboxylic acids is 3. The Bertz CT molecular complexity index is 694. The zero-order valence-corrected chi connectivity index (χ0v) is 17.5. The average Bonchev–Trinajstić information content (AvgIpc) is 2.71. The van der Waals surface area contributed by atoms with Gasteiger partial charge in [0, 0.05) is 24.5 Å². The lowest BCUT2D eigenvalue weighted by atomic mass is 10.2. The van der Waals surface area contributed by atoms with E-state index >= 15 is 0 Å². The second-order valence-corrected chi connectivity index (χ2v) is 7.54. The summed E-state index contributed by atoms with van der Waals surface area (Å²) < 4.78 is 10.6. The first-order valence-electron chi connectivity index (χ1n) is 9.39. The largest absolute Gasteiger partial charge is 0.451 e. The molecular formula is C19H28N4O5S. The summed E-state index contributed by atoms with van der Waals surface area (Å²) in [5, 5.41) is 5.08. The molecular weight excluding hydrogens is 396 g/mol. The van der Waals surface area contributed by atoms with Crippen molar-refractivity contribution in [2.45, 2.75) is 25.5 Å². The van der Waals surface area contributed by atoms with Crippen LogP contribution in [0.4, 0.5) is 16.2 Å². The van der Waals surface area contributed by atoms with Crippen molar-refractivity contribution in [1.29, 1.82) is 0 Å². The first-order valence-corrected chi connectivity index (χ1v) is 10.8. The lowest BCUT2D eigenvalue weighted by Crippen LogP contribution is -2.46. The molecule has 2 rings (SSSR count). The lowest BCUT2D eigenvalue weighted by molar-refractivity contribution is -0.155. The van der Waals surface area contributed by atoms with Gasteiger partial charge in [-0.15, -0.1) is 0 Å². The van der Waals surface area contributed by atoms with Crippen molar-refractivity contribution < 1.29 is 23.9 Å². The summed E-state index contributed by atoms with van der Waals surface area (Å²) in [5.74, 6) is -0.515. The molecule has 1 heterocycles. The van der Waals surface area contributed by atoms with Crippen LogP contribution in [0, 0.1) is 0 Å². The number of nitrogens with one attached hydrogen (secondary N) is 2. The van der Waals surface area contributed by atoms with E-state index in [4.69, 9.17) is 15.2 Å². The van der Waals surface area contributed by atoms with Gasteiger partial charge in [0.25, 0.3) is 5.91 Å². The number of nitrogens with zero attached hydrogens (tertiary/aromatic N) is 1. The van der Waals surface area contributed by atoms with Crippen LogP contribution in [0.3, 0.4) is 0 Å². The molecule has 0 spiro atoms. The minimum atomic E-state index is -1.02. The van der Waals surface area contributed by atoms with E-state index in [0.717, 1.165) is 18.8 Å². The number of urea groups is 1. The highest BCUT2D eigenvalue weighted by molar-refractivity contribution is 7.98. The normalized spacial score (nSPS) is 15.9. The van der Waals surface area contributed by atoms with Crippen LogP contribution in [-0.2, 0) is 19.1 Å². The number of nitrogens with two attached hydrogens (primary N) is 1. The third-order valence-electron chi connectivity index (χ3n) is 4.38. The molecule has 1 aromatic carbocycles. The Hall–Kier alpha value is -2.46. The third-order valence-corrected chi connectivity index (χ3v) is 5.03. The molecule has 0 aliphatic carbocycles. The molecule has 0 saturated carbocycles. The Kier molecular flexibility index (Phi) is 9.07. The maximum absolute atomic E-state index is 12.4. The van der Waals surface area contributed by atoms with Gasteiger partial charge in [-0.1, -0.05) is 0 Å². The van der Waals surface area contributed by atoms with Crippen molar-refractivity contribution >= 4 is 41.0 Å². The summed E-state index contributed by atoms with van der Waals surface area (Å²) in [5.41, 5.74) is 6.76. The van der Waals surface area contributed by atoms with E-state index in [1.165, 1.54) is 18.7 Å². The van der Waals surface area contributed by atoms with Crippen LogP contribution in [0.25, 0.3) is 0 Å². The summed E-state index contributed by atoms with van der Waals surface area (Å²) in [4.78, 5) is 37.9. The van der Waals surface area contributed by atoms with Crippen molar-refractivity contribution in [3.63, 3.8) is 0 Å². The third kappa shape index (κ3) is 7.47. The van der Waals surface area contributed by atoms with Gasteiger partial charge in [0.2, 0.25) is 0 Å². The van der Waals surface area contributed by atoms with E-state index in [-0.39, 0.29) is 0 Å². The number of rotatable bonds is 9. The second kappa shape index (κ2) is 11.5. The molecule has 3 amide bonds. The van der Waals surface area contributed by atoms with Gasteiger partial charge in [0.1, 0.15) is 6.04 Å². The summed E-state index contributed by atoms with van der Waals surface area (Å²) >= 11 is 1.52. The van der Waals surface area contributed by atoms with E-state index in [2.05, 4.69) is 15.5 Å². The van der Waals surface area contributed by atoms with Crippen LogP contribution in [-0.4, -0.2) is 68.4 Å². The Morgan fingerprint density at radius 2 is 1.90 bits per heavy atom. The molecule has 1 aromatic rings. The molecule has 1 aliphatic heterocycles. The monoisotopic (exact) mass is 424 g/mol. The quantitative estimate of drug-likeness (QED) is 0.509. The maximum Gasteiger partial charge on any atom is 0.329 e. The van der Waals surface area contributed by atoms with Crippen LogP contribution < -0.4 is 21.3 Å². The van der Waals surface area contributed by atoms with Gasteiger partial charge in [0.05, 0.1) is 13.2 Å². The second-order valence-electron chi connectivity index (χ2n) is 6.56. The first-order chi connectivity index (χ1) is 13.9. The van der Waals surface area contributed by atoms with Gasteiger partial charge in [-0.05, 0) is 49.6 Å². The van der Waals surface area contributed by atoms with Crippen LogP contribution in [0.15, 0.2) is 24.3 Å². The highest BCUT2D eigenvalue weighted by Crippen LogP contribution is 2.19. The molecule has 4 N–H and O–H groups in total. The standard InChI is InChI=1S/C19H28N4O5S/c1-13(28-18(25)16(7-12-29-2)22-19(20)26)17(24)21-14-3-5-15(6-4-14)23-8-10-27-11-9-23/h3-6,13,16H,7-12H2,1-2H3,(H,21,24)(H3,20,22,26)/t13-,16+/m1/s1. The van der Waals surface area contributed by atoms with Gasteiger partial charge in [0.15, 0.2) is 6.10 Å². The molecule has 1 saturated heterocycles. The van der Waals surface area contributed by atoms with E-state index < -0.39 is 30.1 Å². The van der Waals surface area contributed by atoms with E-state index in [9.17, 15) is 14.4 Å². The predicted molar refractivity (Wildman–Crippen MR) is 113 cm³/mol. The zero-order chi connectivity index (χ0) is 21.2. The fourth-order valence-corrected chi connectivity index (χ4v) is 3.26. The number of amides is 3. The number of carbonyl (C=O) groups is 3. The van der Waals surface area contributed by atoms with Crippen molar-refractivity contribution in [2.75, 3.05) is 48.5 Å². The molecule has 0 unspecified atom stereocenters. The predicted octanol–water partition coefficient (Wildman–Crippen LogP) is 1.18. The molecule has 160 valence electrons. The van der Waals surface area contributed by atoms with E-state index in [1.54, 1.807) is 12.1 Å². The molecule has 0 aromatic heterocycles. The number of anilines is 2. The number of ether oxygens (including phenoxy) is 2. The fourth-order valence-electron chi connectivity index (χ4n) is 2.79. The molecule has 0 bridgehead atoms. The van der Waals surface area contributed by atoms with Crippen molar-refractivity contribution in [3.8, 4) is 0 Å². The Labute approximate surface area is 174 Å². The van der Waals surface area contributed by atoms with Crippen LogP contribution in [0.1, 0.15) is 13.3 Å². The topological polar surface area (TPSA) is 123 Å². The van der Waals surface area contributed by atoms with Crippen molar-refractivity contribution in [3.05, 3.63) is 24.3 Å². The summed E-state index contributed by atoms with van der Waals surface area (Å²) in [6.45, 7) is 4.53. The van der Waals surface area contributed by atoms with Gasteiger partial charge in [-0.25, -0.2) is 9.59 Å². The first kappa shape index (κ1) is 22.8. The summed E-state index contributed by atoms with van der Waals surface area (Å²) in [6.07, 6.45) is 1.22. The zero-order valence-electron chi connectivity index (χ0n) is 16.7. The smallest absolute Gasteiger partial charge is 0.329 e. The average molecular weight is 425 g/mol. The Morgan fingerprint density at radius 3 is 2.48 bits per heavy atom. The summed E-state index contributed by atoms with van der Waals surface area (Å²) in [7, 11) is 0. The van der Waals surface area contributed by atoms with Gasteiger partial charge < -0.3 is 30.7 Å². The fraction of sp³-hybridized carbons (Fsp3) is 0.526. The van der Waals surface area contributed by atoms with Gasteiger partial charge in [-0.3, -0.25) is 4.79 Å². The molecule has 10 heteroatoms. The molecule has 2 atom stereocenters. The number of hydrogen-bond acceptors (Lipinski definition) is 7. The molecule has 1 aliphatic rings. The number of thioether (sulfide) groups is 1. The van der Waals surface area contributed by atoms with Crippen LogP contribution in [0.2, 0.25) is 0 Å².